The third-order valence-electron chi connectivity index (χ3n) is 2.87. The van der Waals surface area contributed by atoms with E-state index in [9.17, 15) is 4.79 Å². The van der Waals surface area contributed by atoms with Gasteiger partial charge in [0.1, 0.15) is 0 Å². The van der Waals surface area contributed by atoms with Crippen LogP contribution < -0.4 is 5.32 Å². The van der Waals surface area contributed by atoms with E-state index in [0.717, 1.165) is 15.8 Å². The Balaban J connectivity index is 1.94. The lowest BCUT2D eigenvalue weighted by Crippen LogP contribution is -2.22. The van der Waals surface area contributed by atoms with Crippen LogP contribution in [0.15, 0.2) is 53.0 Å². The number of carbonyl (C=O) groups excluding carboxylic acids is 1. The standard InChI is InChI=1S/C16H16BrNOS/c1-20-11-12-5-7-14(8-6-12)16(19)18-10-13-3-2-4-15(17)9-13/h2-9H,10-11H2,1H3,(H,18,19). The zero-order valence-electron chi connectivity index (χ0n) is 11.2. The second-order valence-corrected chi connectivity index (χ2v) is 6.22. The summed E-state index contributed by atoms with van der Waals surface area (Å²) >= 11 is 5.19. The summed E-state index contributed by atoms with van der Waals surface area (Å²) in [6.07, 6.45) is 2.07. The van der Waals surface area contributed by atoms with Crippen LogP contribution in [0.25, 0.3) is 0 Å². The molecule has 0 aliphatic heterocycles. The van der Waals surface area contributed by atoms with Gasteiger partial charge >= 0.3 is 0 Å². The van der Waals surface area contributed by atoms with Crippen molar-refractivity contribution in [2.75, 3.05) is 6.26 Å². The molecular formula is C16H16BrNOS. The molecule has 2 nitrogen and oxygen atoms in total. The van der Waals surface area contributed by atoms with Crippen LogP contribution in [0.2, 0.25) is 0 Å². The first-order valence-corrected chi connectivity index (χ1v) is 8.48. The van der Waals surface area contributed by atoms with Crippen LogP contribution in [-0.4, -0.2) is 12.2 Å². The Kier molecular flexibility index (Phi) is 5.68. The fourth-order valence-corrected chi connectivity index (χ4v) is 2.82. The second-order valence-electron chi connectivity index (χ2n) is 4.44. The van der Waals surface area contributed by atoms with E-state index < -0.39 is 0 Å². The molecule has 20 heavy (non-hydrogen) atoms. The first-order chi connectivity index (χ1) is 9.69. The molecule has 0 spiro atoms. The number of thioether (sulfide) groups is 1. The van der Waals surface area contributed by atoms with Crippen molar-refractivity contribution in [3.8, 4) is 0 Å². The van der Waals surface area contributed by atoms with Crippen LogP contribution in [0.3, 0.4) is 0 Å². The summed E-state index contributed by atoms with van der Waals surface area (Å²) in [6.45, 7) is 0.533. The molecule has 0 aliphatic rings. The van der Waals surface area contributed by atoms with Crippen molar-refractivity contribution in [3.63, 3.8) is 0 Å². The van der Waals surface area contributed by atoms with E-state index in [0.29, 0.717) is 12.1 Å². The average Bonchev–Trinajstić information content (AvgIpc) is 2.46. The van der Waals surface area contributed by atoms with Gasteiger partial charge in [0.05, 0.1) is 0 Å². The SMILES string of the molecule is CSCc1ccc(C(=O)NCc2cccc(Br)c2)cc1. The van der Waals surface area contributed by atoms with E-state index >= 15 is 0 Å². The Morgan fingerprint density at radius 3 is 2.55 bits per heavy atom. The molecule has 1 N–H and O–H groups in total. The minimum atomic E-state index is -0.0410. The van der Waals surface area contributed by atoms with E-state index in [1.807, 2.05) is 48.5 Å². The predicted molar refractivity (Wildman–Crippen MR) is 89.0 cm³/mol. The number of benzene rings is 2. The molecule has 1 amide bonds. The summed E-state index contributed by atoms with van der Waals surface area (Å²) in [6, 6.07) is 15.7. The molecule has 0 bridgehead atoms. The molecule has 0 saturated carbocycles. The third-order valence-corrected chi connectivity index (χ3v) is 3.98. The molecule has 0 atom stereocenters. The van der Waals surface area contributed by atoms with Crippen LogP contribution in [-0.2, 0) is 12.3 Å². The fraction of sp³-hybridized carbons (Fsp3) is 0.188. The lowest BCUT2D eigenvalue weighted by molar-refractivity contribution is 0.0951. The Labute approximate surface area is 132 Å². The molecule has 2 rings (SSSR count). The van der Waals surface area contributed by atoms with Crippen LogP contribution in [0.1, 0.15) is 21.5 Å². The minimum absolute atomic E-state index is 0.0410. The molecule has 104 valence electrons. The zero-order chi connectivity index (χ0) is 14.4. The van der Waals surface area contributed by atoms with Crippen LogP contribution in [0, 0.1) is 0 Å². The van der Waals surface area contributed by atoms with Gasteiger partial charge in [0.2, 0.25) is 0 Å². The largest absolute Gasteiger partial charge is 0.348 e. The van der Waals surface area contributed by atoms with E-state index in [2.05, 4.69) is 27.5 Å². The van der Waals surface area contributed by atoms with Crippen molar-refractivity contribution < 1.29 is 4.79 Å². The summed E-state index contributed by atoms with van der Waals surface area (Å²) in [7, 11) is 0. The summed E-state index contributed by atoms with van der Waals surface area (Å²) in [5.41, 5.74) is 3.01. The number of halogens is 1. The van der Waals surface area contributed by atoms with Gasteiger partial charge in [-0.15, -0.1) is 0 Å². The topological polar surface area (TPSA) is 29.1 Å². The highest BCUT2D eigenvalue weighted by atomic mass is 79.9. The van der Waals surface area contributed by atoms with E-state index in [1.165, 1.54) is 5.56 Å². The molecule has 2 aromatic carbocycles. The molecule has 0 aromatic heterocycles. The normalized spacial score (nSPS) is 10.3. The molecule has 0 aliphatic carbocycles. The highest BCUT2D eigenvalue weighted by molar-refractivity contribution is 9.10. The summed E-state index contributed by atoms with van der Waals surface area (Å²) in [5, 5.41) is 2.93. The van der Waals surface area contributed by atoms with Gasteiger partial charge in [-0.1, -0.05) is 40.2 Å². The minimum Gasteiger partial charge on any atom is -0.348 e. The Bertz CT molecular complexity index is 583. The van der Waals surface area contributed by atoms with Gasteiger partial charge in [-0.05, 0) is 41.6 Å². The smallest absolute Gasteiger partial charge is 0.251 e. The molecule has 2 aromatic rings. The molecular weight excluding hydrogens is 334 g/mol. The fourth-order valence-electron chi connectivity index (χ4n) is 1.85. The van der Waals surface area contributed by atoms with Gasteiger partial charge in [-0.2, -0.15) is 11.8 Å². The number of nitrogens with one attached hydrogen (secondary N) is 1. The van der Waals surface area contributed by atoms with Crippen molar-refractivity contribution in [1.82, 2.24) is 5.32 Å². The molecule has 0 unspecified atom stereocenters. The predicted octanol–water partition coefficient (Wildman–Crippen LogP) is 4.24. The molecule has 4 heteroatoms. The van der Waals surface area contributed by atoms with Gasteiger partial charge in [0, 0.05) is 22.3 Å². The van der Waals surface area contributed by atoms with Crippen molar-refractivity contribution in [2.24, 2.45) is 0 Å². The second kappa shape index (κ2) is 7.50. The maximum Gasteiger partial charge on any atom is 0.251 e. The zero-order valence-corrected chi connectivity index (χ0v) is 13.6. The number of hydrogen-bond acceptors (Lipinski definition) is 2. The maximum absolute atomic E-state index is 12.0. The molecule has 0 heterocycles. The van der Waals surface area contributed by atoms with Crippen molar-refractivity contribution in [2.45, 2.75) is 12.3 Å². The average molecular weight is 350 g/mol. The van der Waals surface area contributed by atoms with Gasteiger partial charge in [-0.3, -0.25) is 4.79 Å². The summed E-state index contributed by atoms with van der Waals surface area (Å²) in [5.74, 6) is 0.931. The van der Waals surface area contributed by atoms with Gasteiger partial charge in [0.25, 0.3) is 5.91 Å². The van der Waals surface area contributed by atoms with E-state index in [-0.39, 0.29) is 5.91 Å². The van der Waals surface area contributed by atoms with Crippen molar-refractivity contribution in [1.29, 1.82) is 0 Å². The maximum atomic E-state index is 12.0. The van der Waals surface area contributed by atoms with Crippen molar-refractivity contribution in [3.05, 3.63) is 69.7 Å². The van der Waals surface area contributed by atoms with Gasteiger partial charge in [0.15, 0.2) is 0 Å². The number of carbonyl (C=O) groups is 1. The Morgan fingerprint density at radius 2 is 1.90 bits per heavy atom. The van der Waals surface area contributed by atoms with Crippen LogP contribution in [0.4, 0.5) is 0 Å². The summed E-state index contributed by atoms with van der Waals surface area (Å²) < 4.78 is 1.02. The Hall–Kier alpha value is -1.26. The quantitative estimate of drug-likeness (QED) is 0.874. The number of hydrogen-bond donors (Lipinski definition) is 1. The first-order valence-electron chi connectivity index (χ1n) is 6.29. The highest BCUT2D eigenvalue weighted by Crippen LogP contribution is 2.12. The first kappa shape index (κ1) is 15.1. The van der Waals surface area contributed by atoms with E-state index in [1.54, 1.807) is 11.8 Å². The van der Waals surface area contributed by atoms with Gasteiger partial charge < -0.3 is 5.32 Å². The molecule has 0 saturated heterocycles. The van der Waals surface area contributed by atoms with Crippen LogP contribution in [0.5, 0.6) is 0 Å². The summed E-state index contributed by atoms with van der Waals surface area (Å²) in [4.78, 5) is 12.0. The molecule has 0 radical (unpaired) electrons. The van der Waals surface area contributed by atoms with Gasteiger partial charge in [-0.25, -0.2) is 0 Å². The molecule has 0 fully saturated rings. The number of rotatable bonds is 5. The van der Waals surface area contributed by atoms with Crippen molar-refractivity contribution >= 4 is 33.6 Å². The van der Waals surface area contributed by atoms with Crippen LogP contribution >= 0.6 is 27.7 Å². The Morgan fingerprint density at radius 1 is 1.15 bits per heavy atom. The monoisotopic (exact) mass is 349 g/mol. The van der Waals surface area contributed by atoms with E-state index in [4.69, 9.17) is 0 Å². The lowest BCUT2D eigenvalue weighted by Gasteiger charge is -2.06. The third kappa shape index (κ3) is 4.39. The highest BCUT2D eigenvalue weighted by Gasteiger charge is 2.05. The number of amides is 1. The lowest BCUT2D eigenvalue weighted by atomic mass is 10.1.